The summed E-state index contributed by atoms with van der Waals surface area (Å²) < 4.78 is 5.33. The first kappa shape index (κ1) is 15.9. The topological polar surface area (TPSA) is 49.6 Å². The van der Waals surface area contributed by atoms with Gasteiger partial charge in [-0.2, -0.15) is 0 Å². The van der Waals surface area contributed by atoms with Crippen LogP contribution in [0.2, 0.25) is 5.02 Å². The van der Waals surface area contributed by atoms with E-state index in [-0.39, 0.29) is 5.41 Å². The minimum absolute atomic E-state index is 0.112. The van der Waals surface area contributed by atoms with Crippen LogP contribution in [0.5, 0.6) is 0 Å². The molecule has 2 aromatic rings. The third-order valence-corrected chi connectivity index (χ3v) is 4.91. The molecule has 1 aliphatic rings. The molecule has 23 heavy (non-hydrogen) atoms. The average molecular weight is 332 g/mol. The van der Waals surface area contributed by atoms with Crippen molar-refractivity contribution in [2.45, 2.75) is 31.2 Å². The number of rotatable bonds is 5. The van der Waals surface area contributed by atoms with Crippen molar-refractivity contribution in [1.82, 2.24) is 10.6 Å². The summed E-state index contributed by atoms with van der Waals surface area (Å²) >= 11 is 6.41. The van der Waals surface area contributed by atoms with Gasteiger partial charge in [-0.1, -0.05) is 36.2 Å². The molecule has 1 aromatic heterocycles. The van der Waals surface area contributed by atoms with Gasteiger partial charge in [0.15, 0.2) is 5.96 Å². The summed E-state index contributed by atoms with van der Waals surface area (Å²) in [4.78, 5) is 4.28. The van der Waals surface area contributed by atoms with Gasteiger partial charge >= 0.3 is 0 Å². The lowest BCUT2D eigenvalue weighted by molar-refractivity contribution is 0.244. The van der Waals surface area contributed by atoms with E-state index < -0.39 is 0 Å². The van der Waals surface area contributed by atoms with E-state index in [1.807, 2.05) is 24.3 Å². The summed E-state index contributed by atoms with van der Waals surface area (Å²) in [5.41, 5.74) is 1.35. The molecule has 122 valence electrons. The Hall–Kier alpha value is -1.94. The second-order valence-corrected chi connectivity index (χ2v) is 6.38. The number of hydrogen-bond donors (Lipinski definition) is 2. The predicted molar refractivity (Wildman–Crippen MR) is 93.9 cm³/mol. The van der Waals surface area contributed by atoms with Crippen LogP contribution in [0.3, 0.4) is 0 Å². The molecule has 0 saturated heterocycles. The van der Waals surface area contributed by atoms with Gasteiger partial charge in [-0.15, -0.1) is 0 Å². The Bertz CT molecular complexity index is 663. The first-order valence-corrected chi connectivity index (χ1v) is 8.33. The average Bonchev–Trinajstić information content (AvgIpc) is 3.04. The summed E-state index contributed by atoms with van der Waals surface area (Å²) in [6.07, 6.45) is 5.22. The van der Waals surface area contributed by atoms with E-state index in [0.29, 0.717) is 6.54 Å². The zero-order valence-corrected chi connectivity index (χ0v) is 14.1. The lowest BCUT2D eigenvalue weighted by Gasteiger charge is -2.43. The maximum atomic E-state index is 6.41. The number of halogens is 1. The zero-order valence-electron chi connectivity index (χ0n) is 13.3. The summed E-state index contributed by atoms with van der Waals surface area (Å²) in [7, 11) is 1.78. The van der Waals surface area contributed by atoms with E-state index in [1.165, 1.54) is 12.0 Å². The molecule has 0 unspecified atom stereocenters. The first-order chi connectivity index (χ1) is 11.2. The van der Waals surface area contributed by atoms with Crippen LogP contribution in [0.25, 0.3) is 0 Å². The number of nitrogens with zero attached hydrogens (tertiary/aromatic N) is 1. The van der Waals surface area contributed by atoms with Gasteiger partial charge in [0.1, 0.15) is 5.76 Å². The summed E-state index contributed by atoms with van der Waals surface area (Å²) in [6.45, 7) is 1.44. The molecule has 3 rings (SSSR count). The fraction of sp³-hybridized carbons (Fsp3) is 0.389. The Morgan fingerprint density at radius 1 is 1.22 bits per heavy atom. The van der Waals surface area contributed by atoms with E-state index in [0.717, 1.165) is 36.1 Å². The third-order valence-electron chi connectivity index (χ3n) is 4.58. The lowest BCUT2D eigenvalue weighted by atomic mass is 9.64. The van der Waals surface area contributed by atoms with E-state index >= 15 is 0 Å². The standard InChI is InChI=1S/C18H22ClN3O/c1-20-17(21-12-14-6-4-11-23-14)22-13-18(9-5-10-18)15-7-2-3-8-16(15)19/h2-4,6-8,11H,5,9-10,12-13H2,1H3,(H2,20,21,22). The molecule has 0 spiro atoms. The molecule has 0 aliphatic heterocycles. The second-order valence-electron chi connectivity index (χ2n) is 5.97. The van der Waals surface area contributed by atoms with Crippen LogP contribution in [0.1, 0.15) is 30.6 Å². The van der Waals surface area contributed by atoms with Crippen molar-refractivity contribution in [1.29, 1.82) is 0 Å². The fourth-order valence-electron chi connectivity index (χ4n) is 3.09. The monoisotopic (exact) mass is 331 g/mol. The molecule has 1 aromatic carbocycles. The smallest absolute Gasteiger partial charge is 0.191 e. The van der Waals surface area contributed by atoms with Crippen molar-refractivity contribution >= 4 is 17.6 Å². The first-order valence-electron chi connectivity index (χ1n) is 7.95. The van der Waals surface area contributed by atoms with Crippen LogP contribution < -0.4 is 10.6 Å². The van der Waals surface area contributed by atoms with Gasteiger partial charge in [0, 0.05) is 24.0 Å². The number of aliphatic imine (C=N–C) groups is 1. The maximum absolute atomic E-state index is 6.41. The van der Waals surface area contributed by atoms with Crippen molar-refractivity contribution in [2.75, 3.05) is 13.6 Å². The van der Waals surface area contributed by atoms with Crippen molar-refractivity contribution in [2.24, 2.45) is 4.99 Å². The molecule has 0 amide bonds. The lowest BCUT2D eigenvalue weighted by Crippen LogP contribution is -2.48. The highest BCUT2D eigenvalue weighted by atomic mass is 35.5. The molecular weight excluding hydrogens is 310 g/mol. The minimum Gasteiger partial charge on any atom is -0.467 e. The van der Waals surface area contributed by atoms with Gasteiger partial charge in [-0.3, -0.25) is 4.99 Å². The van der Waals surface area contributed by atoms with Gasteiger partial charge < -0.3 is 15.1 Å². The number of nitrogens with one attached hydrogen (secondary N) is 2. The van der Waals surface area contributed by atoms with Crippen LogP contribution in [0, 0.1) is 0 Å². The van der Waals surface area contributed by atoms with E-state index in [1.54, 1.807) is 13.3 Å². The maximum Gasteiger partial charge on any atom is 0.191 e. The zero-order chi connectivity index (χ0) is 16.1. The Labute approximate surface area is 141 Å². The molecule has 1 heterocycles. The highest BCUT2D eigenvalue weighted by Gasteiger charge is 2.39. The van der Waals surface area contributed by atoms with Gasteiger partial charge in [0.2, 0.25) is 0 Å². The third kappa shape index (κ3) is 3.53. The van der Waals surface area contributed by atoms with Crippen molar-refractivity contribution in [3.8, 4) is 0 Å². The molecule has 5 heteroatoms. The minimum atomic E-state index is 0.112. The van der Waals surface area contributed by atoms with Crippen LogP contribution in [0.4, 0.5) is 0 Å². The molecule has 4 nitrogen and oxygen atoms in total. The number of guanidine groups is 1. The fourth-order valence-corrected chi connectivity index (χ4v) is 3.43. The van der Waals surface area contributed by atoms with Gasteiger partial charge in [0.25, 0.3) is 0 Å². The molecule has 0 radical (unpaired) electrons. The Morgan fingerprint density at radius 2 is 2.04 bits per heavy atom. The van der Waals surface area contributed by atoms with Crippen molar-refractivity contribution in [3.05, 3.63) is 59.0 Å². The SMILES string of the molecule is CN=C(NCc1ccco1)NCC1(c2ccccc2Cl)CCC1. The normalized spacial score (nSPS) is 16.7. The molecule has 0 bridgehead atoms. The highest BCUT2D eigenvalue weighted by molar-refractivity contribution is 6.31. The van der Waals surface area contributed by atoms with Crippen molar-refractivity contribution < 1.29 is 4.42 Å². The predicted octanol–water partition coefficient (Wildman–Crippen LogP) is 3.72. The second kappa shape index (κ2) is 7.09. The molecule has 1 fully saturated rings. The molecule has 2 N–H and O–H groups in total. The van der Waals surface area contributed by atoms with E-state index in [4.69, 9.17) is 16.0 Å². The largest absolute Gasteiger partial charge is 0.467 e. The van der Waals surface area contributed by atoms with Crippen LogP contribution >= 0.6 is 11.6 Å². The summed E-state index contributed by atoms with van der Waals surface area (Å²) in [6, 6.07) is 12.0. The number of benzene rings is 1. The molecule has 1 aliphatic carbocycles. The Kier molecular flexibility index (Phi) is 4.91. The van der Waals surface area contributed by atoms with Gasteiger partial charge in [0.05, 0.1) is 12.8 Å². The quantitative estimate of drug-likeness (QED) is 0.648. The Balaban J connectivity index is 1.62. The Morgan fingerprint density at radius 3 is 2.65 bits per heavy atom. The summed E-state index contributed by atoms with van der Waals surface area (Å²) in [5, 5.41) is 7.56. The van der Waals surface area contributed by atoms with E-state index in [2.05, 4.69) is 27.8 Å². The molecule has 1 saturated carbocycles. The van der Waals surface area contributed by atoms with Gasteiger partial charge in [-0.25, -0.2) is 0 Å². The highest BCUT2D eigenvalue weighted by Crippen LogP contribution is 2.45. The van der Waals surface area contributed by atoms with Crippen LogP contribution in [-0.2, 0) is 12.0 Å². The van der Waals surface area contributed by atoms with Gasteiger partial charge in [-0.05, 0) is 36.6 Å². The number of hydrogen-bond acceptors (Lipinski definition) is 2. The van der Waals surface area contributed by atoms with Crippen LogP contribution in [-0.4, -0.2) is 19.6 Å². The van der Waals surface area contributed by atoms with Crippen molar-refractivity contribution in [3.63, 3.8) is 0 Å². The number of furan rings is 1. The van der Waals surface area contributed by atoms with E-state index in [9.17, 15) is 0 Å². The van der Waals surface area contributed by atoms with Crippen LogP contribution in [0.15, 0.2) is 52.1 Å². The molecular formula is C18H22ClN3O. The summed E-state index contributed by atoms with van der Waals surface area (Å²) in [5.74, 6) is 1.66. The molecule has 0 atom stereocenters.